The third kappa shape index (κ3) is 5.52. The number of phenolic OH excluding ortho intramolecular Hbond substituents is 1. The van der Waals surface area contributed by atoms with Gasteiger partial charge in [0, 0.05) is 46.6 Å². The van der Waals surface area contributed by atoms with E-state index in [1.807, 2.05) is 80.6 Å². The summed E-state index contributed by atoms with van der Waals surface area (Å²) in [6.07, 6.45) is 1.08. The predicted molar refractivity (Wildman–Crippen MR) is 166 cm³/mol. The lowest BCUT2D eigenvalue weighted by atomic mass is 9.98. The molecule has 0 saturated carbocycles. The van der Waals surface area contributed by atoms with Crippen molar-refractivity contribution in [2.75, 3.05) is 0 Å². The monoisotopic (exact) mass is 591 g/mol. The van der Waals surface area contributed by atoms with Gasteiger partial charge in [-0.05, 0) is 67.4 Å². The number of carbonyl (C=O) groups is 2. The largest absolute Gasteiger partial charge is 0.508 e. The molecule has 0 saturated heterocycles. The van der Waals surface area contributed by atoms with Gasteiger partial charge in [0.1, 0.15) is 11.6 Å². The average molecular weight is 592 g/mol. The normalized spacial score (nSPS) is 14.5. The maximum absolute atomic E-state index is 14.0. The fourth-order valence-electron chi connectivity index (χ4n) is 5.40. The number of aryl methyl sites for hydroxylation is 2. The minimum atomic E-state index is -1.10. The SMILES string of the molecule is Cc1ccc(C)n1-c1ccc(C2=NN(C(=O)c3ccc(-c4ccccc4CNC(=O)O)s3)C(c3ccccc3O)C2)cn1. The van der Waals surface area contributed by atoms with Gasteiger partial charge in [-0.25, -0.2) is 14.8 Å². The first-order chi connectivity index (χ1) is 20.8. The molecule has 0 radical (unpaired) electrons. The molecule has 43 heavy (non-hydrogen) atoms. The van der Waals surface area contributed by atoms with Crippen LogP contribution in [0.2, 0.25) is 0 Å². The van der Waals surface area contributed by atoms with Crippen LogP contribution in [0.1, 0.15) is 50.2 Å². The number of phenols is 1. The highest BCUT2D eigenvalue weighted by Gasteiger charge is 2.36. The van der Waals surface area contributed by atoms with Crippen molar-refractivity contribution in [3.63, 3.8) is 0 Å². The number of aromatic hydroxyl groups is 1. The van der Waals surface area contributed by atoms with Crippen molar-refractivity contribution in [1.82, 2.24) is 19.9 Å². The zero-order chi connectivity index (χ0) is 30.1. The lowest BCUT2D eigenvalue weighted by Crippen LogP contribution is -2.26. The number of hydrogen-bond donors (Lipinski definition) is 3. The quantitative estimate of drug-likeness (QED) is 0.195. The van der Waals surface area contributed by atoms with E-state index in [2.05, 4.69) is 9.88 Å². The molecular weight excluding hydrogens is 562 g/mol. The molecule has 216 valence electrons. The molecule has 0 bridgehead atoms. The van der Waals surface area contributed by atoms with E-state index < -0.39 is 12.1 Å². The minimum absolute atomic E-state index is 0.0977. The number of carboxylic acid groups (broad SMARTS) is 1. The van der Waals surface area contributed by atoms with Crippen molar-refractivity contribution in [1.29, 1.82) is 0 Å². The van der Waals surface area contributed by atoms with E-state index in [-0.39, 0.29) is 18.2 Å². The van der Waals surface area contributed by atoms with E-state index in [9.17, 15) is 14.7 Å². The number of para-hydroxylation sites is 1. The smallest absolute Gasteiger partial charge is 0.404 e. The number of nitrogens with one attached hydrogen (secondary N) is 1. The van der Waals surface area contributed by atoms with Gasteiger partial charge >= 0.3 is 6.09 Å². The number of thiophene rings is 1. The highest BCUT2D eigenvalue weighted by atomic mass is 32.1. The first kappa shape index (κ1) is 27.9. The second kappa shape index (κ2) is 11.6. The van der Waals surface area contributed by atoms with Crippen LogP contribution in [0.15, 0.2) is 96.2 Å². The molecule has 2 amide bonds. The molecule has 1 atom stereocenters. The molecule has 9 nitrogen and oxygen atoms in total. The van der Waals surface area contributed by atoms with Crippen molar-refractivity contribution in [3.05, 3.63) is 124 Å². The molecular formula is C33H29N5O4S. The highest BCUT2D eigenvalue weighted by Crippen LogP contribution is 2.39. The summed E-state index contributed by atoms with van der Waals surface area (Å²) in [5.41, 5.74) is 5.94. The van der Waals surface area contributed by atoms with Crippen LogP contribution >= 0.6 is 11.3 Å². The number of hydrogen-bond acceptors (Lipinski definition) is 6. The molecule has 3 N–H and O–H groups in total. The number of pyridine rings is 1. The number of rotatable bonds is 7. The number of carbonyl (C=O) groups excluding carboxylic acids is 1. The molecule has 0 fully saturated rings. The van der Waals surface area contributed by atoms with E-state index in [1.54, 1.807) is 24.4 Å². The zero-order valence-corrected chi connectivity index (χ0v) is 24.4. The third-order valence-corrected chi connectivity index (χ3v) is 8.63. The topological polar surface area (TPSA) is 120 Å². The zero-order valence-electron chi connectivity index (χ0n) is 23.6. The van der Waals surface area contributed by atoms with Crippen LogP contribution in [0, 0.1) is 13.8 Å². The Hall–Kier alpha value is -5.22. The summed E-state index contributed by atoms with van der Waals surface area (Å²) in [6, 6.07) is 25.6. The van der Waals surface area contributed by atoms with Crippen molar-refractivity contribution < 1.29 is 19.8 Å². The van der Waals surface area contributed by atoms with Gasteiger partial charge in [0.05, 0.1) is 16.6 Å². The Kier molecular flexibility index (Phi) is 7.52. The fraction of sp³-hybridized carbons (Fsp3) is 0.152. The molecule has 1 aliphatic rings. The van der Waals surface area contributed by atoms with Crippen LogP contribution < -0.4 is 5.32 Å². The van der Waals surface area contributed by atoms with Crippen LogP contribution in [-0.4, -0.2) is 42.5 Å². The number of benzene rings is 2. The molecule has 0 aliphatic carbocycles. The molecule has 1 aliphatic heterocycles. The molecule has 2 aromatic carbocycles. The standard InChI is InChI=1S/C33H29N5O4S/c1-20-11-12-21(2)37(20)31-16-13-23(19-34-31)26-17-27(25-9-5-6-10-28(25)39)38(36-26)32(40)30-15-14-29(43-30)24-8-4-3-7-22(24)18-35-33(41)42/h3-16,19,27,35,39H,17-18H2,1-2H3,(H,41,42). The Morgan fingerprint density at radius 3 is 2.42 bits per heavy atom. The molecule has 1 unspecified atom stereocenters. The molecule has 10 heteroatoms. The summed E-state index contributed by atoms with van der Waals surface area (Å²) in [5.74, 6) is 0.613. The van der Waals surface area contributed by atoms with Crippen molar-refractivity contribution in [2.45, 2.75) is 32.9 Å². The van der Waals surface area contributed by atoms with E-state index in [4.69, 9.17) is 15.2 Å². The van der Waals surface area contributed by atoms with Gasteiger partial charge in [0.2, 0.25) is 0 Å². The third-order valence-electron chi connectivity index (χ3n) is 7.53. The minimum Gasteiger partial charge on any atom is -0.508 e. The number of hydrazone groups is 1. The summed E-state index contributed by atoms with van der Waals surface area (Å²) >= 11 is 1.32. The maximum atomic E-state index is 14.0. The summed E-state index contributed by atoms with van der Waals surface area (Å²) in [6.45, 7) is 4.22. The Bertz CT molecular complexity index is 1840. The highest BCUT2D eigenvalue weighted by molar-refractivity contribution is 7.17. The first-order valence-corrected chi connectivity index (χ1v) is 14.6. The van der Waals surface area contributed by atoms with Gasteiger partial charge in [0.15, 0.2) is 0 Å². The van der Waals surface area contributed by atoms with Gasteiger partial charge in [-0.2, -0.15) is 5.10 Å². The van der Waals surface area contributed by atoms with Gasteiger partial charge < -0.3 is 20.1 Å². The second-order valence-corrected chi connectivity index (χ2v) is 11.4. The van der Waals surface area contributed by atoms with Crippen LogP contribution in [0.3, 0.4) is 0 Å². The average Bonchev–Trinajstić information content (AvgIpc) is 3.75. The van der Waals surface area contributed by atoms with Gasteiger partial charge in [-0.3, -0.25) is 4.79 Å². The molecule has 6 rings (SSSR count). The summed E-state index contributed by atoms with van der Waals surface area (Å²) in [5, 5.41) is 28.4. The lowest BCUT2D eigenvalue weighted by molar-refractivity contribution is 0.0714. The van der Waals surface area contributed by atoms with Crippen molar-refractivity contribution in [3.8, 4) is 22.0 Å². The molecule has 5 aromatic rings. The van der Waals surface area contributed by atoms with Crippen LogP contribution in [0.4, 0.5) is 4.79 Å². The number of amides is 2. The Balaban J connectivity index is 1.33. The molecule has 0 spiro atoms. The molecule has 4 heterocycles. The van der Waals surface area contributed by atoms with E-state index in [0.717, 1.165) is 38.8 Å². The van der Waals surface area contributed by atoms with Crippen molar-refractivity contribution >= 4 is 29.0 Å². The van der Waals surface area contributed by atoms with Crippen LogP contribution in [0.5, 0.6) is 5.75 Å². The predicted octanol–water partition coefficient (Wildman–Crippen LogP) is 6.68. The van der Waals surface area contributed by atoms with E-state index in [0.29, 0.717) is 22.6 Å². The Labute approximate surface area is 252 Å². The van der Waals surface area contributed by atoms with Gasteiger partial charge in [-0.1, -0.05) is 42.5 Å². The Morgan fingerprint density at radius 1 is 0.953 bits per heavy atom. The first-order valence-electron chi connectivity index (χ1n) is 13.8. The van der Waals surface area contributed by atoms with E-state index >= 15 is 0 Å². The number of aromatic nitrogens is 2. The Morgan fingerprint density at radius 2 is 1.70 bits per heavy atom. The second-order valence-electron chi connectivity index (χ2n) is 10.3. The van der Waals surface area contributed by atoms with Crippen LogP contribution in [-0.2, 0) is 6.54 Å². The van der Waals surface area contributed by atoms with Gasteiger partial charge in [-0.15, -0.1) is 11.3 Å². The van der Waals surface area contributed by atoms with Crippen molar-refractivity contribution in [2.24, 2.45) is 5.10 Å². The van der Waals surface area contributed by atoms with Gasteiger partial charge in [0.25, 0.3) is 5.91 Å². The van der Waals surface area contributed by atoms with E-state index in [1.165, 1.54) is 16.3 Å². The summed E-state index contributed by atoms with van der Waals surface area (Å²) in [4.78, 5) is 31.1. The summed E-state index contributed by atoms with van der Waals surface area (Å²) in [7, 11) is 0. The number of nitrogens with zero attached hydrogens (tertiary/aromatic N) is 4. The fourth-order valence-corrected chi connectivity index (χ4v) is 6.40. The van der Waals surface area contributed by atoms with Crippen LogP contribution in [0.25, 0.3) is 16.3 Å². The summed E-state index contributed by atoms with van der Waals surface area (Å²) < 4.78 is 2.07. The lowest BCUT2D eigenvalue weighted by Gasteiger charge is -2.22. The maximum Gasteiger partial charge on any atom is 0.404 e. The molecule has 3 aromatic heterocycles.